The van der Waals surface area contributed by atoms with Crippen molar-refractivity contribution in [1.82, 2.24) is 4.98 Å². The minimum atomic E-state index is -0.535. The molecule has 0 unspecified atom stereocenters. The average molecular weight is 495 g/mol. The number of hydrogen-bond donors (Lipinski definition) is 1. The smallest absolute Gasteiger partial charge is 0.357 e. The summed E-state index contributed by atoms with van der Waals surface area (Å²) in [7, 11) is 1.30. The molecule has 5 nitrogen and oxygen atoms in total. The van der Waals surface area contributed by atoms with Gasteiger partial charge in [-0.15, -0.1) is 0 Å². The topological polar surface area (TPSA) is 68.3 Å². The van der Waals surface area contributed by atoms with Crippen molar-refractivity contribution in [3.8, 4) is 0 Å². The van der Waals surface area contributed by atoms with Crippen LogP contribution in [-0.4, -0.2) is 24.0 Å². The van der Waals surface area contributed by atoms with Gasteiger partial charge in [0.15, 0.2) is 5.69 Å². The molecule has 7 heteroatoms. The first-order chi connectivity index (χ1) is 11.0. The molecule has 0 atom stereocenters. The number of methoxy groups -OCH3 is 1. The zero-order valence-electron chi connectivity index (χ0n) is 13.2. The van der Waals surface area contributed by atoms with Crippen molar-refractivity contribution >= 4 is 56.2 Å². The highest BCUT2D eigenvalue weighted by Crippen LogP contribution is 2.32. The summed E-state index contributed by atoms with van der Waals surface area (Å²) < 4.78 is 6.04. The highest BCUT2D eigenvalue weighted by molar-refractivity contribution is 14.1. The molecule has 126 valence electrons. The van der Waals surface area contributed by atoms with E-state index in [4.69, 9.17) is 4.74 Å². The highest BCUT2D eigenvalue weighted by atomic mass is 127. The van der Waals surface area contributed by atoms with Gasteiger partial charge in [-0.05, 0) is 76.2 Å². The molecule has 0 aromatic carbocycles. The lowest BCUT2D eigenvalue weighted by atomic mass is 9.80. The van der Waals surface area contributed by atoms with E-state index in [1.807, 2.05) is 0 Å². The van der Waals surface area contributed by atoms with Gasteiger partial charge in [0, 0.05) is 5.92 Å². The van der Waals surface area contributed by atoms with Crippen LogP contribution in [0.5, 0.6) is 0 Å². The molecule has 1 N–H and O–H groups in total. The van der Waals surface area contributed by atoms with Gasteiger partial charge in [-0.1, -0.05) is 13.3 Å². The van der Waals surface area contributed by atoms with E-state index in [9.17, 15) is 9.59 Å². The maximum atomic E-state index is 12.5. The van der Waals surface area contributed by atoms with E-state index in [0.717, 1.165) is 35.2 Å². The minimum absolute atomic E-state index is 0.0110. The third kappa shape index (κ3) is 4.65. The number of amides is 1. The molecule has 2 rings (SSSR count). The standard InChI is InChI=1S/C16H20BrIN2O3/c1-3-9-4-6-10(7-5-9)15(21)20-14-12(18)8-11(17)13(19-14)16(22)23-2/h8-10H,3-7H2,1-2H3,(H,19,20,21)/t9-,10-. The summed E-state index contributed by atoms with van der Waals surface area (Å²) in [6.45, 7) is 2.20. The number of halogens is 2. The van der Waals surface area contributed by atoms with Gasteiger partial charge in [0.2, 0.25) is 5.91 Å². The van der Waals surface area contributed by atoms with E-state index in [1.165, 1.54) is 13.5 Å². The Bertz CT molecular complexity index is 601. The summed E-state index contributed by atoms with van der Waals surface area (Å²) in [6.07, 6.45) is 5.23. The van der Waals surface area contributed by atoms with Gasteiger partial charge in [-0.25, -0.2) is 9.78 Å². The normalized spacial score (nSPS) is 20.9. The fourth-order valence-corrected chi connectivity index (χ4v) is 4.32. The van der Waals surface area contributed by atoms with Crippen molar-refractivity contribution in [3.63, 3.8) is 0 Å². The number of aromatic nitrogens is 1. The van der Waals surface area contributed by atoms with Crippen molar-refractivity contribution in [1.29, 1.82) is 0 Å². The molecule has 0 bridgehead atoms. The van der Waals surface area contributed by atoms with Gasteiger partial charge in [-0.2, -0.15) is 0 Å². The maximum absolute atomic E-state index is 12.5. The fourth-order valence-electron chi connectivity index (χ4n) is 2.85. The Morgan fingerprint density at radius 3 is 2.61 bits per heavy atom. The molecule has 1 amide bonds. The maximum Gasteiger partial charge on any atom is 0.357 e. The van der Waals surface area contributed by atoms with E-state index in [0.29, 0.717) is 10.3 Å². The second-order valence-electron chi connectivity index (χ2n) is 5.76. The van der Waals surface area contributed by atoms with Gasteiger partial charge in [-0.3, -0.25) is 4.79 Å². The molecule has 1 aliphatic carbocycles. The van der Waals surface area contributed by atoms with E-state index < -0.39 is 5.97 Å². The number of anilines is 1. The molecule has 23 heavy (non-hydrogen) atoms. The Morgan fingerprint density at radius 2 is 2.04 bits per heavy atom. The first kappa shape index (κ1) is 18.6. The average Bonchev–Trinajstić information content (AvgIpc) is 2.56. The number of nitrogens with one attached hydrogen (secondary N) is 1. The Balaban J connectivity index is 2.10. The second-order valence-corrected chi connectivity index (χ2v) is 7.77. The van der Waals surface area contributed by atoms with Crippen LogP contribution in [0.3, 0.4) is 0 Å². The Morgan fingerprint density at radius 1 is 1.39 bits per heavy atom. The number of pyridine rings is 1. The Kier molecular flexibility index (Phi) is 6.82. The molecule has 0 radical (unpaired) electrons. The van der Waals surface area contributed by atoms with E-state index in [1.54, 1.807) is 6.07 Å². The number of carbonyl (C=O) groups excluding carboxylic acids is 2. The molecule has 1 aromatic heterocycles. The quantitative estimate of drug-likeness (QED) is 0.498. The lowest BCUT2D eigenvalue weighted by molar-refractivity contribution is -0.121. The molecule has 1 heterocycles. The number of ether oxygens (including phenoxy) is 1. The summed E-state index contributed by atoms with van der Waals surface area (Å²) in [6, 6.07) is 1.75. The number of nitrogens with zero attached hydrogens (tertiary/aromatic N) is 1. The van der Waals surface area contributed by atoms with Crippen LogP contribution in [0.1, 0.15) is 49.5 Å². The second kappa shape index (κ2) is 8.41. The van der Waals surface area contributed by atoms with Gasteiger partial charge in [0.25, 0.3) is 0 Å². The predicted molar refractivity (Wildman–Crippen MR) is 100 cm³/mol. The van der Waals surface area contributed by atoms with E-state index in [2.05, 4.69) is 55.7 Å². The largest absolute Gasteiger partial charge is 0.464 e. The first-order valence-corrected chi connectivity index (χ1v) is 9.58. The van der Waals surface area contributed by atoms with Crippen LogP contribution in [0.4, 0.5) is 5.82 Å². The molecule has 1 fully saturated rings. The van der Waals surface area contributed by atoms with Crippen molar-refractivity contribution in [2.75, 3.05) is 12.4 Å². The SMILES string of the molecule is CC[C@H]1CC[C@H](C(=O)Nc2nc(C(=O)OC)c(Br)cc2I)CC1. The van der Waals surface area contributed by atoms with Crippen LogP contribution < -0.4 is 5.32 Å². The Labute approximate surface area is 158 Å². The van der Waals surface area contributed by atoms with Crippen LogP contribution in [0, 0.1) is 15.4 Å². The van der Waals surface area contributed by atoms with E-state index >= 15 is 0 Å². The number of esters is 1. The van der Waals surface area contributed by atoms with Crippen LogP contribution in [-0.2, 0) is 9.53 Å². The van der Waals surface area contributed by atoms with Crippen molar-refractivity contribution in [3.05, 3.63) is 19.8 Å². The molecular weight excluding hydrogens is 475 g/mol. The zero-order chi connectivity index (χ0) is 17.0. The molecule has 0 aliphatic heterocycles. The lowest BCUT2D eigenvalue weighted by Gasteiger charge is -2.26. The molecule has 1 aliphatic rings. The van der Waals surface area contributed by atoms with E-state index in [-0.39, 0.29) is 17.5 Å². The zero-order valence-corrected chi connectivity index (χ0v) is 16.9. The summed E-state index contributed by atoms with van der Waals surface area (Å²) >= 11 is 5.39. The molecule has 1 aromatic rings. The van der Waals surface area contributed by atoms with Crippen LogP contribution in [0.2, 0.25) is 0 Å². The number of carbonyl (C=O) groups is 2. The fraction of sp³-hybridized carbons (Fsp3) is 0.562. The molecule has 1 saturated carbocycles. The molecule has 0 saturated heterocycles. The Hall–Kier alpha value is -0.700. The van der Waals surface area contributed by atoms with Crippen LogP contribution >= 0.6 is 38.5 Å². The van der Waals surface area contributed by atoms with Crippen molar-refractivity contribution < 1.29 is 14.3 Å². The third-order valence-electron chi connectivity index (χ3n) is 4.34. The predicted octanol–water partition coefficient (Wildman–Crippen LogP) is 4.39. The van der Waals surface area contributed by atoms with Crippen LogP contribution in [0.15, 0.2) is 10.5 Å². The summed E-state index contributed by atoms with van der Waals surface area (Å²) in [5.41, 5.74) is 0.165. The minimum Gasteiger partial charge on any atom is -0.464 e. The van der Waals surface area contributed by atoms with Crippen molar-refractivity contribution in [2.24, 2.45) is 11.8 Å². The number of hydrogen-bond acceptors (Lipinski definition) is 4. The lowest BCUT2D eigenvalue weighted by Crippen LogP contribution is -2.28. The molecular formula is C16H20BrIN2O3. The first-order valence-electron chi connectivity index (χ1n) is 7.71. The summed E-state index contributed by atoms with van der Waals surface area (Å²) in [5, 5.41) is 2.87. The highest BCUT2D eigenvalue weighted by Gasteiger charge is 2.26. The van der Waals surface area contributed by atoms with Gasteiger partial charge in [0.1, 0.15) is 5.82 Å². The third-order valence-corrected chi connectivity index (χ3v) is 5.77. The number of rotatable bonds is 4. The summed E-state index contributed by atoms with van der Waals surface area (Å²) in [5.74, 6) is 0.642. The van der Waals surface area contributed by atoms with Gasteiger partial charge >= 0.3 is 5.97 Å². The molecule has 0 spiro atoms. The van der Waals surface area contributed by atoms with Gasteiger partial charge in [0.05, 0.1) is 15.2 Å². The van der Waals surface area contributed by atoms with Crippen LogP contribution in [0.25, 0.3) is 0 Å². The van der Waals surface area contributed by atoms with Crippen molar-refractivity contribution in [2.45, 2.75) is 39.0 Å². The van der Waals surface area contributed by atoms with Gasteiger partial charge < -0.3 is 10.1 Å². The monoisotopic (exact) mass is 494 g/mol. The summed E-state index contributed by atoms with van der Waals surface area (Å²) in [4.78, 5) is 28.4.